The minimum atomic E-state index is -0.145. The van der Waals surface area contributed by atoms with E-state index in [0.29, 0.717) is 6.54 Å². The monoisotopic (exact) mass is 368 g/mol. The molecule has 0 atom stereocenters. The number of hydrogen-bond acceptors (Lipinski definition) is 4. The van der Waals surface area contributed by atoms with Gasteiger partial charge in [-0.3, -0.25) is 4.98 Å². The van der Waals surface area contributed by atoms with Crippen LogP contribution in [0.5, 0.6) is 5.75 Å². The van der Waals surface area contributed by atoms with Crippen LogP contribution < -0.4 is 10.1 Å². The smallest absolute Gasteiger partial charge is 0.321 e. The zero-order valence-corrected chi connectivity index (χ0v) is 16.3. The Labute approximate surface area is 161 Å². The zero-order valence-electron chi connectivity index (χ0n) is 16.3. The summed E-state index contributed by atoms with van der Waals surface area (Å²) in [5.74, 6) is 0.850. The molecule has 0 spiro atoms. The van der Waals surface area contributed by atoms with E-state index in [9.17, 15) is 4.79 Å². The molecule has 6 heteroatoms. The van der Waals surface area contributed by atoms with Gasteiger partial charge in [0.2, 0.25) is 0 Å². The van der Waals surface area contributed by atoms with Gasteiger partial charge in [-0.2, -0.15) is 0 Å². The van der Waals surface area contributed by atoms with Gasteiger partial charge in [-0.15, -0.1) is 0 Å². The molecule has 0 aliphatic carbocycles. The van der Waals surface area contributed by atoms with E-state index in [4.69, 9.17) is 4.74 Å². The van der Waals surface area contributed by atoms with E-state index >= 15 is 0 Å². The fraction of sp³-hybridized carbons (Fsp3) is 0.429. The molecule has 0 bridgehead atoms. The first-order valence-corrected chi connectivity index (χ1v) is 9.38. The van der Waals surface area contributed by atoms with Crippen molar-refractivity contribution in [2.75, 3.05) is 32.5 Å². The number of aromatic nitrogens is 1. The minimum absolute atomic E-state index is 0.145. The summed E-state index contributed by atoms with van der Waals surface area (Å²) in [7, 11) is 3.92. The number of aryl methyl sites for hydroxylation is 1. The van der Waals surface area contributed by atoms with Crippen LogP contribution in [0.15, 0.2) is 42.6 Å². The number of anilines is 1. The number of urea groups is 1. The molecular formula is C21H28N4O2. The second-order valence-corrected chi connectivity index (χ2v) is 7.24. The normalized spacial score (nSPS) is 15.4. The van der Waals surface area contributed by atoms with E-state index in [0.717, 1.165) is 48.6 Å². The number of benzene rings is 1. The minimum Gasteiger partial charge on any atom is -0.490 e. The second-order valence-electron chi connectivity index (χ2n) is 7.24. The quantitative estimate of drug-likeness (QED) is 0.877. The Morgan fingerprint density at radius 1 is 1.26 bits per heavy atom. The van der Waals surface area contributed by atoms with Crippen molar-refractivity contribution in [3.05, 3.63) is 53.9 Å². The molecule has 1 aliphatic rings. The van der Waals surface area contributed by atoms with Crippen molar-refractivity contribution in [3.63, 3.8) is 0 Å². The molecule has 2 heterocycles. The average Bonchev–Trinajstić information content (AvgIpc) is 2.65. The first-order chi connectivity index (χ1) is 13.0. The second kappa shape index (κ2) is 8.86. The number of nitrogens with zero attached hydrogens (tertiary/aromatic N) is 3. The van der Waals surface area contributed by atoms with Crippen molar-refractivity contribution in [1.29, 1.82) is 0 Å². The maximum absolute atomic E-state index is 12.4. The van der Waals surface area contributed by atoms with Crippen molar-refractivity contribution in [2.24, 2.45) is 0 Å². The van der Waals surface area contributed by atoms with Gasteiger partial charge in [-0.05, 0) is 68.8 Å². The van der Waals surface area contributed by atoms with Gasteiger partial charge >= 0.3 is 6.03 Å². The first kappa shape index (κ1) is 19.2. The number of carbonyl (C=O) groups excluding carboxylic acids is 1. The number of hydrogen-bond donors (Lipinski definition) is 1. The third-order valence-electron chi connectivity index (χ3n) is 4.80. The lowest BCUT2D eigenvalue weighted by Gasteiger charge is -2.29. The summed E-state index contributed by atoms with van der Waals surface area (Å²) in [6.45, 7) is 4.62. The van der Waals surface area contributed by atoms with Crippen molar-refractivity contribution >= 4 is 11.7 Å². The molecule has 1 aliphatic heterocycles. The Morgan fingerprint density at radius 3 is 2.63 bits per heavy atom. The van der Waals surface area contributed by atoms with Gasteiger partial charge in [0.15, 0.2) is 0 Å². The zero-order chi connectivity index (χ0) is 19.2. The van der Waals surface area contributed by atoms with Crippen LogP contribution in [0.1, 0.15) is 24.1 Å². The molecule has 1 fully saturated rings. The van der Waals surface area contributed by atoms with Crippen LogP contribution >= 0.6 is 0 Å². The molecule has 0 saturated carbocycles. The van der Waals surface area contributed by atoms with Crippen LogP contribution in [-0.2, 0) is 6.54 Å². The summed E-state index contributed by atoms with van der Waals surface area (Å²) in [6.07, 6.45) is 4.14. The number of ether oxygens (including phenoxy) is 1. The van der Waals surface area contributed by atoms with Gasteiger partial charge in [0.1, 0.15) is 11.9 Å². The predicted octanol–water partition coefficient (Wildman–Crippen LogP) is 3.53. The van der Waals surface area contributed by atoms with Crippen LogP contribution in [0, 0.1) is 6.92 Å². The van der Waals surface area contributed by atoms with Crippen LogP contribution in [0.2, 0.25) is 0 Å². The van der Waals surface area contributed by atoms with Crippen molar-refractivity contribution in [2.45, 2.75) is 32.4 Å². The number of likely N-dealkylation sites (tertiary alicyclic amines) is 1. The number of nitrogens with one attached hydrogen (secondary N) is 1. The molecular weight excluding hydrogens is 340 g/mol. The SMILES string of the molecule is Cc1cc(CN(C)C(=O)Nc2ccc(OC3CCN(C)CC3)cc2)ccn1. The number of carbonyl (C=O) groups is 1. The molecule has 2 aromatic rings. The van der Waals surface area contributed by atoms with E-state index in [2.05, 4.69) is 22.2 Å². The highest BCUT2D eigenvalue weighted by atomic mass is 16.5. The van der Waals surface area contributed by atoms with Crippen molar-refractivity contribution in [3.8, 4) is 5.75 Å². The highest BCUT2D eigenvalue weighted by Crippen LogP contribution is 2.21. The van der Waals surface area contributed by atoms with Crippen LogP contribution in [0.3, 0.4) is 0 Å². The third-order valence-corrected chi connectivity index (χ3v) is 4.80. The summed E-state index contributed by atoms with van der Waals surface area (Å²) in [5, 5.41) is 2.92. The fourth-order valence-electron chi connectivity index (χ4n) is 3.18. The topological polar surface area (TPSA) is 57.7 Å². The number of rotatable bonds is 5. The van der Waals surface area contributed by atoms with Gasteiger partial charge in [-0.25, -0.2) is 4.79 Å². The molecule has 0 radical (unpaired) electrons. The van der Waals surface area contributed by atoms with Gasteiger partial charge in [0.25, 0.3) is 0 Å². The van der Waals surface area contributed by atoms with Crippen molar-refractivity contribution in [1.82, 2.24) is 14.8 Å². The van der Waals surface area contributed by atoms with Gasteiger partial charge in [0, 0.05) is 44.3 Å². The Bertz CT molecular complexity index is 755. The van der Waals surface area contributed by atoms with Gasteiger partial charge in [-0.1, -0.05) is 0 Å². The Kier molecular flexibility index (Phi) is 6.29. The molecule has 2 amide bonds. The molecule has 6 nitrogen and oxygen atoms in total. The first-order valence-electron chi connectivity index (χ1n) is 9.38. The molecule has 1 N–H and O–H groups in total. The number of piperidine rings is 1. The van der Waals surface area contributed by atoms with E-state index in [1.165, 1.54) is 0 Å². The summed E-state index contributed by atoms with van der Waals surface area (Å²) >= 11 is 0. The van der Waals surface area contributed by atoms with E-state index in [-0.39, 0.29) is 12.1 Å². The van der Waals surface area contributed by atoms with Crippen LogP contribution in [0.25, 0.3) is 0 Å². The lowest BCUT2D eigenvalue weighted by Crippen LogP contribution is -2.35. The maximum Gasteiger partial charge on any atom is 0.321 e. The third kappa shape index (κ3) is 5.69. The molecule has 1 aromatic carbocycles. The molecule has 144 valence electrons. The van der Waals surface area contributed by atoms with E-state index in [1.807, 2.05) is 43.3 Å². The number of amides is 2. The summed E-state index contributed by atoms with van der Waals surface area (Å²) in [6, 6.07) is 11.4. The van der Waals surface area contributed by atoms with Crippen LogP contribution in [-0.4, -0.2) is 54.1 Å². The maximum atomic E-state index is 12.4. The molecule has 0 unspecified atom stereocenters. The van der Waals surface area contributed by atoms with Crippen LogP contribution in [0.4, 0.5) is 10.5 Å². The standard InChI is InChI=1S/C21H28N4O2/c1-16-14-17(8-11-22-16)15-25(3)21(26)23-18-4-6-19(7-5-18)27-20-9-12-24(2)13-10-20/h4-8,11,14,20H,9-10,12-13,15H2,1-3H3,(H,23,26). The predicted molar refractivity (Wildman–Crippen MR) is 107 cm³/mol. The Hall–Kier alpha value is -2.60. The Balaban J connectivity index is 1.50. The largest absolute Gasteiger partial charge is 0.490 e. The highest BCUT2D eigenvalue weighted by molar-refractivity contribution is 5.89. The molecule has 27 heavy (non-hydrogen) atoms. The summed E-state index contributed by atoms with van der Waals surface area (Å²) < 4.78 is 6.05. The molecule has 3 rings (SSSR count). The average molecular weight is 368 g/mol. The highest BCUT2D eigenvalue weighted by Gasteiger charge is 2.18. The van der Waals surface area contributed by atoms with Gasteiger partial charge in [0.05, 0.1) is 0 Å². The van der Waals surface area contributed by atoms with Gasteiger partial charge < -0.3 is 19.9 Å². The molecule has 1 saturated heterocycles. The van der Waals surface area contributed by atoms with Crippen molar-refractivity contribution < 1.29 is 9.53 Å². The summed E-state index contributed by atoms with van der Waals surface area (Å²) in [4.78, 5) is 20.5. The van der Waals surface area contributed by atoms with E-state index in [1.54, 1.807) is 18.1 Å². The molecule has 1 aromatic heterocycles. The Morgan fingerprint density at radius 2 is 1.96 bits per heavy atom. The lowest BCUT2D eigenvalue weighted by molar-refractivity contribution is 0.114. The fourth-order valence-corrected chi connectivity index (χ4v) is 3.18. The lowest BCUT2D eigenvalue weighted by atomic mass is 10.1. The van der Waals surface area contributed by atoms with E-state index < -0.39 is 0 Å². The number of pyridine rings is 1. The summed E-state index contributed by atoms with van der Waals surface area (Å²) in [5.41, 5.74) is 2.76.